The molecule has 0 bridgehead atoms. The van der Waals surface area contributed by atoms with Crippen molar-refractivity contribution in [3.05, 3.63) is 0 Å². The molecule has 0 spiro atoms. The minimum absolute atomic E-state index is 0.0144. The molecule has 0 fully saturated rings. The van der Waals surface area contributed by atoms with Gasteiger partial charge in [0.25, 0.3) is 0 Å². The quantitative estimate of drug-likeness (QED) is 0.130. The van der Waals surface area contributed by atoms with Crippen molar-refractivity contribution in [1.29, 1.82) is 0 Å². The lowest BCUT2D eigenvalue weighted by atomic mass is 10.5. The topological polar surface area (TPSA) is 147 Å². The van der Waals surface area contributed by atoms with E-state index < -0.39 is 5.91 Å². The predicted molar refractivity (Wildman–Crippen MR) is 82.3 cm³/mol. The van der Waals surface area contributed by atoms with Crippen LogP contribution in [0.25, 0.3) is 0 Å². The van der Waals surface area contributed by atoms with Crippen LogP contribution in [0.5, 0.6) is 0 Å². The molecule has 0 radical (unpaired) electrons. The standard InChI is InChI=1S/C13H28N4O6/c14-12(18)10-22-5-1-4-20-6-2-16-13(19)11-23-9-8-21-7-3-17-15/h17H,1-11,15H2,(H2,14,18)(H,16,19). The highest BCUT2D eigenvalue weighted by molar-refractivity contribution is 5.77. The van der Waals surface area contributed by atoms with Gasteiger partial charge < -0.3 is 30.0 Å². The second-order valence-electron chi connectivity index (χ2n) is 4.45. The second kappa shape index (κ2) is 17.1. The van der Waals surface area contributed by atoms with Crippen molar-refractivity contribution in [3.63, 3.8) is 0 Å². The SMILES string of the molecule is NNCCOCCOCC(=O)NCCOCCCOCC(N)=O. The van der Waals surface area contributed by atoms with E-state index in [9.17, 15) is 9.59 Å². The maximum Gasteiger partial charge on any atom is 0.246 e. The summed E-state index contributed by atoms with van der Waals surface area (Å²) in [6.45, 7) is 3.43. The number of primary amides is 1. The molecule has 0 aromatic carbocycles. The molecule has 6 N–H and O–H groups in total. The van der Waals surface area contributed by atoms with Gasteiger partial charge in [-0.2, -0.15) is 0 Å². The summed E-state index contributed by atoms with van der Waals surface area (Å²) < 4.78 is 20.5. The number of nitrogens with one attached hydrogen (secondary N) is 2. The molecule has 0 atom stereocenters. The van der Waals surface area contributed by atoms with Gasteiger partial charge in [0.05, 0.1) is 26.4 Å². The van der Waals surface area contributed by atoms with Gasteiger partial charge in [-0.15, -0.1) is 0 Å². The van der Waals surface area contributed by atoms with E-state index in [2.05, 4.69) is 10.7 Å². The average Bonchev–Trinajstić information content (AvgIpc) is 2.52. The van der Waals surface area contributed by atoms with Crippen LogP contribution in [0.3, 0.4) is 0 Å². The number of carbonyl (C=O) groups excluding carboxylic acids is 2. The molecule has 0 aromatic heterocycles. The zero-order chi connectivity index (χ0) is 17.2. The fourth-order valence-electron chi connectivity index (χ4n) is 1.37. The summed E-state index contributed by atoms with van der Waals surface area (Å²) in [5.41, 5.74) is 7.37. The van der Waals surface area contributed by atoms with E-state index in [-0.39, 0.29) is 19.1 Å². The van der Waals surface area contributed by atoms with Crippen LogP contribution in [0.4, 0.5) is 0 Å². The summed E-state index contributed by atoms with van der Waals surface area (Å²) in [6.07, 6.45) is 0.657. The summed E-state index contributed by atoms with van der Waals surface area (Å²) in [5.74, 6) is 4.37. The van der Waals surface area contributed by atoms with Gasteiger partial charge in [0.1, 0.15) is 13.2 Å². The first kappa shape index (κ1) is 21.7. The lowest BCUT2D eigenvalue weighted by Crippen LogP contribution is -2.31. The first-order chi connectivity index (χ1) is 11.2. The van der Waals surface area contributed by atoms with E-state index in [0.29, 0.717) is 59.2 Å². The van der Waals surface area contributed by atoms with Crippen LogP contribution < -0.4 is 22.3 Å². The van der Waals surface area contributed by atoms with Gasteiger partial charge in [0, 0.05) is 26.3 Å². The number of hydrazine groups is 1. The number of nitrogens with two attached hydrogens (primary N) is 2. The Balaban J connectivity index is 3.17. The number of carbonyl (C=O) groups is 2. The van der Waals surface area contributed by atoms with Crippen molar-refractivity contribution in [2.24, 2.45) is 11.6 Å². The van der Waals surface area contributed by atoms with Crippen molar-refractivity contribution in [3.8, 4) is 0 Å². The molecule has 0 aliphatic rings. The molecule has 0 aromatic rings. The molecule has 2 amide bonds. The first-order valence-corrected chi connectivity index (χ1v) is 7.46. The predicted octanol–water partition coefficient (Wildman–Crippen LogP) is -2.49. The van der Waals surface area contributed by atoms with Gasteiger partial charge in [-0.1, -0.05) is 0 Å². The molecule has 10 heteroatoms. The van der Waals surface area contributed by atoms with Crippen LogP contribution in [0.15, 0.2) is 0 Å². The van der Waals surface area contributed by atoms with Crippen molar-refractivity contribution < 1.29 is 28.5 Å². The normalized spacial score (nSPS) is 10.7. The van der Waals surface area contributed by atoms with Gasteiger partial charge in [-0.25, -0.2) is 0 Å². The molecule has 0 saturated carbocycles. The van der Waals surface area contributed by atoms with Crippen LogP contribution in [0, 0.1) is 0 Å². The highest BCUT2D eigenvalue weighted by Crippen LogP contribution is 1.85. The van der Waals surface area contributed by atoms with E-state index >= 15 is 0 Å². The Kier molecular flexibility index (Phi) is 16.1. The summed E-state index contributed by atoms with van der Waals surface area (Å²) in [4.78, 5) is 21.8. The van der Waals surface area contributed by atoms with E-state index in [1.54, 1.807) is 0 Å². The fraction of sp³-hybridized carbons (Fsp3) is 0.846. The molecule has 0 heterocycles. The first-order valence-electron chi connectivity index (χ1n) is 7.46. The molecule has 10 nitrogen and oxygen atoms in total. The number of hydrogen-bond donors (Lipinski definition) is 4. The van der Waals surface area contributed by atoms with Crippen LogP contribution in [-0.2, 0) is 28.5 Å². The lowest BCUT2D eigenvalue weighted by molar-refractivity contribution is -0.126. The Morgan fingerprint density at radius 3 is 2.13 bits per heavy atom. The Bertz CT molecular complexity index is 306. The summed E-state index contributed by atoms with van der Waals surface area (Å²) in [7, 11) is 0. The van der Waals surface area contributed by atoms with Gasteiger partial charge in [-0.05, 0) is 6.42 Å². The Morgan fingerprint density at radius 1 is 0.783 bits per heavy atom. The third kappa shape index (κ3) is 18.7. The molecule has 0 saturated heterocycles. The molecule has 0 unspecified atom stereocenters. The summed E-state index contributed by atoms with van der Waals surface area (Å²) in [6, 6.07) is 0. The van der Waals surface area contributed by atoms with Gasteiger partial charge in [-0.3, -0.25) is 20.9 Å². The minimum Gasteiger partial charge on any atom is -0.380 e. The molecular weight excluding hydrogens is 308 g/mol. The Labute approximate surface area is 136 Å². The van der Waals surface area contributed by atoms with E-state index in [1.165, 1.54) is 0 Å². The largest absolute Gasteiger partial charge is 0.380 e. The van der Waals surface area contributed by atoms with Crippen LogP contribution in [0.1, 0.15) is 6.42 Å². The molecular formula is C13H28N4O6. The molecule has 0 rings (SSSR count). The van der Waals surface area contributed by atoms with Crippen molar-refractivity contribution in [2.75, 3.05) is 65.9 Å². The smallest absolute Gasteiger partial charge is 0.246 e. The maximum absolute atomic E-state index is 11.4. The molecule has 136 valence electrons. The van der Waals surface area contributed by atoms with Crippen molar-refractivity contribution in [1.82, 2.24) is 10.7 Å². The van der Waals surface area contributed by atoms with Gasteiger partial charge in [0.2, 0.25) is 11.8 Å². The van der Waals surface area contributed by atoms with Crippen LogP contribution in [-0.4, -0.2) is 77.8 Å². The monoisotopic (exact) mass is 336 g/mol. The third-order valence-electron chi connectivity index (χ3n) is 2.39. The molecule has 0 aliphatic heterocycles. The van der Waals surface area contributed by atoms with Crippen molar-refractivity contribution in [2.45, 2.75) is 6.42 Å². The van der Waals surface area contributed by atoms with E-state index in [0.717, 1.165) is 0 Å². The van der Waals surface area contributed by atoms with Crippen molar-refractivity contribution >= 4 is 11.8 Å². The number of amides is 2. The number of ether oxygens (including phenoxy) is 4. The molecule has 0 aliphatic carbocycles. The number of rotatable bonds is 17. The summed E-state index contributed by atoms with van der Waals surface area (Å²) >= 11 is 0. The maximum atomic E-state index is 11.4. The third-order valence-corrected chi connectivity index (χ3v) is 2.39. The van der Waals surface area contributed by atoms with Crippen LogP contribution >= 0.6 is 0 Å². The molecule has 23 heavy (non-hydrogen) atoms. The minimum atomic E-state index is -0.491. The summed E-state index contributed by atoms with van der Waals surface area (Å²) in [5, 5.41) is 2.66. The van der Waals surface area contributed by atoms with Gasteiger partial charge in [0.15, 0.2) is 0 Å². The average molecular weight is 336 g/mol. The zero-order valence-corrected chi connectivity index (χ0v) is 13.4. The Hall–Kier alpha value is -1.30. The van der Waals surface area contributed by atoms with E-state index in [4.69, 9.17) is 30.5 Å². The second-order valence-corrected chi connectivity index (χ2v) is 4.45. The lowest BCUT2D eigenvalue weighted by Gasteiger charge is -2.08. The number of hydrogen-bond acceptors (Lipinski definition) is 8. The van der Waals surface area contributed by atoms with Crippen LogP contribution in [0.2, 0.25) is 0 Å². The highest BCUT2D eigenvalue weighted by atomic mass is 16.5. The van der Waals surface area contributed by atoms with Gasteiger partial charge >= 0.3 is 0 Å². The highest BCUT2D eigenvalue weighted by Gasteiger charge is 2.00. The zero-order valence-electron chi connectivity index (χ0n) is 13.4. The fourth-order valence-corrected chi connectivity index (χ4v) is 1.37. The van der Waals surface area contributed by atoms with E-state index in [1.807, 2.05) is 0 Å². The Morgan fingerprint density at radius 2 is 1.39 bits per heavy atom.